The Labute approximate surface area is 148 Å². The number of rotatable bonds is 7. The average molecular weight is 343 g/mol. The SMILES string of the molecule is CCC(CC)(Pc1ccccc1CNC)c1cc(C)cc(C)c1O. The van der Waals surface area contributed by atoms with Crippen LogP contribution in [0.2, 0.25) is 0 Å². The summed E-state index contributed by atoms with van der Waals surface area (Å²) >= 11 is 0. The van der Waals surface area contributed by atoms with Gasteiger partial charge in [0.1, 0.15) is 5.75 Å². The Kier molecular flexibility index (Phi) is 6.43. The molecule has 0 spiro atoms. The van der Waals surface area contributed by atoms with Crippen molar-refractivity contribution < 1.29 is 5.11 Å². The van der Waals surface area contributed by atoms with Gasteiger partial charge in [0.05, 0.1) is 0 Å². The molecule has 0 radical (unpaired) electrons. The molecular formula is C21H30NOP. The highest BCUT2D eigenvalue weighted by Gasteiger charge is 2.32. The van der Waals surface area contributed by atoms with E-state index >= 15 is 0 Å². The topological polar surface area (TPSA) is 32.3 Å². The monoisotopic (exact) mass is 343 g/mol. The summed E-state index contributed by atoms with van der Waals surface area (Å²) in [6, 6.07) is 12.9. The molecule has 0 saturated heterocycles. The molecule has 0 saturated carbocycles. The van der Waals surface area contributed by atoms with Crippen molar-refractivity contribution in [2.24, 2.45) is 0 Å². The second kappa shape index (κ2) is 8.14. The fourth-order valence-electron chi connectivity index (χ4n) is 3.44. The minimum atomic E-state index is -0.00922. The van der Waals surface area contributed by atoms with Crippen LogP contribution in [0.3, 0.4) is 0 Å². The van der Waals surface area contributed by atoms with Crippen LogP contribution in [0, 0.1) is 13.8 Å². The Bertz CT molecular complexity index is 692. The van der Waals surface area contributed by atoms with Gasteiger partial charge in [-0.1, -0.05) is 64.4 Å². The highest BCUT2D eigenvalue weighted by Crippen LogP contribution is 2.50. The maximum absolute atomic E-state index is 10.8. The van der Waals surface area contributed by atoms with Gasteiger partial charge < -0.3 is 10.4 Å². The molecule has 0 fully saturated rings. The van der Waals surface area contributed by atoms with Gasteiger partial charge in [0.25, 0.3) is 0 Å². The van der Waals surface area contributed by atoms with E-state index in [0.29, 0.717) is 14.3 Å². The molecular weight excluding hydrogens is 313 g/mol. The number of hydrogen-bond donors (Lipinski definition) is 2. The van der Waals surface area contributed by atoms with Crippen molar-refractivity contribution in [2.75, 3.05) is 7.05 Å². The highest BCUT2D eigenvalue weighted by molar-refractivity contribution is 7.48. The Morgan fingerprint density at radius 2 is 1.75 bits per heavy atom. The van der Waals surface area contributed by atoms with Gasteiger partial charge in [0.2, 0.25) is 0 Å². The van der Waals surface area contributed by atoms with Crippen LogP contribution in [0.4, 0.5) is 0 Å². The van der Waals surface area contributed by atoms with Gasteiger partial charge in [-0.25, -0.2) is 0 Å². The van der Waals surface area contributed by atoms with Gasteiger partial charge in [-0.3, -0.25) is 0 Å². The van der Waals surface area contributed by atoms with Gasteiger partial charge in [-0.2, -0.15) is 0 Å². The van der Waals surface area contributed by atoms with E-state index in [1.807, 2.05) is 14.0 Å². The first-order chi connectivity index (χ1) is 11.5. The number of phenolic OH excluding ortho intramolecular Hbond substituents is 1. The molecule has 130 valence electrons. The van der Waals surface area contributed by atoms with E-state index in [0.717, 1.165) is 30.5 Å². The van der Waals surface area contributed by atoms with Gasteiger partial charge >= 0.3 is 0 Å². The number of phenols is 1. The van der Waals surface area contributed by atoms with Crippen LogP contribution in [0.1, 0.15) is 48.9 Å². The molecule has 0 bridgehead atoms. The molecule has 2 N–H and O–H groups in total. The number of hydrogen-bond acceptors (Lipinski definition) is 2. The van der Waals surface area contributed by atoms with Gasteiger partial charge in [0, 0.05) is 17.3 Å². The highest BCUT2D eigenvalue weighted by atomic mass is 31.1. The molecule has 2 nitrogen and oxygen atoms in total. The summed E-state index contributed by atoms with van der Waals surface area (Å²) in [6.45, 7) is 9.48. The number of aromatic hydroxyl groups is 1. The smallest absolute Gasteiger partial charge is 0.122 e. The Hall–Kier alpha value is -1.37. The second-order valence-corrected chi connectivity index (χ2v) is 8.33. The fraction of sp³-hybridized carbons (Fsp3) is 0.429. The van der Waals surface area contributed by atoms with Crippen LogP contribution >= 0.6 is 8.58 Å². The maximum Gasteiger partial charge on any atom is 0.122 e. The van der Waals surface area contributed by atoms with Crippen molar-refractivity contribution in [3.8, 4) is 5.75 Å². The van der Waals surface area contributed by atoms with E-state index in [4.69, 9.17) is 0 Å². The summed E-state index contributed by atoms with van der Waals surface area (Å²) in [6.07, 6.45) is 2.04. The van der Waals surface area contributed by atoms with E-state index in [1.165, 1.54) is 16.4 Å². The zero-order chi connectivity index (χ0) is 17.7. The maximum atomic E-state index is 10.8. The molecule has 0 amide bonds. The van der Waals surface area contributed by atoms with Crippen molar-refractivity contribution in [3.05, 3.63) is 58.7 Å². The van der Waals surface area contributed by atoms with Crippen molar-refractivity contribution in [1.82, 2.24) is 5.32 Å². The fourth-order valence-corrected chi connectivity index (χ4v) is 5.15. The first-order valence-electron chi connectivity index (χ1n) is 8.78. The predicted octanol–water partition coefficient (Wildman–Crippen LogP) is 4.75. The molecule has 0 aliphatic rings. The largest absolute Gasteiger partial charge is 0.507 e. The van der Waals surface area contributed by atoms with Crippen LogP contribution in [-0.4, -0.2) is 12.2 Å². The summed E-state index contributed by atoms with van der Waals surface area (Å²) in [5, 5.41) is 15.4. The van der Waals surface area contributed by atoms with E-state index < -0.39 is 0 Å². The summed E-state index contributed by atoms with van der Waals surface area (Å²) in [5.74, 6) is 0.475. The van der Waals surface area contributed by atoms with Crippen LogP contribution in [0.15, 0.2) is 36.4 Å². The van der Waals surface area contributed by atoms with Crippen molar-refractivity contribution in [2.45, 2.75) is 52.2 Å². The molecule has 1 unspecified atom stereocenters. The normalized spacial score (nSPS) is 12.2. The van der Waals surface area contributed by atoms with Gasteiger partial charge in [0.15, 0.2) is 0 Å². The number of aryl methyl sites for hydroxylation is 2. The molecule has 0 aliphatic carbocycles. The van der Waals surface area contributed by atoms with Crippen molar-refractivity contribution in [3.63, 3.8) is 0 Å². The standard InChI is InChI=1S/C21H30NOP/c1-6-21(7-2,18-13-15(3)12-16(4)20(18)23)24-19-11-9-8-10-17(19)14-22-5/h8-13,22-24H,6-7,14H2,1-5H3. The minimum absolute atomic E-state index is 0.00922. The molecule has 2 rings (SSSR count). The summed E-state index contributed by atoms with van der Waals surface area (Å²) in [5.41, 5.74) is 4.67. The van der Waals surface area contributed by atoms with E-state index in [-0.39, 0.29) is 5.16 Å². The molecule has 0 aromatic heterocycles. The minimum Gasteiger partial charge on any atom is -0.507 e. The van der Waals surface area contributed by atoms with E-state index in [9.17, 15) is 5.11 Å². The average Bonchev–Trinajstić information content (AvgIpc) is 2.58. The van der Waals surface area contributed by atoms with Crippen LogP contribution in [0.5, 0.6) is 5.75 Å². The first kappa shape index (κ1) is 19.0. The van der Waals surface area contributed by atoms with E-state index in [1.54, 1.807) is 0 Å². The summed E-state index contributed by atoms with van der Waals surface area (Å²) in [7, 11) is 2.63. The molecule has 0 aliphatic heterocycles. The lowest BCUT2D eigenvalue weighted by molar-refractivity contribution is 0.444. The Morgan fingerprint density at radius 3 is 2.38 bits per heavy atom. The second-order valence-electron chi connectivity index (χ2n) is 6.58. The molecule has 2 aromatic rings. The van der Waals surface area contributed by atoms with Crippen LogP contribution < -0.4 is 10.6 Å². The predicted molar refractivity (Wildman–Crippen MR) is 107 cm³/mol. The Morgan fingerprint density at radius 1 is 1.08 bits per heavy atom. The molecule has 2 aromatic carbocycles. The lowest BCUT2D eigenvalue weighted by atomic mass is 9.89. The van der Waals surface area contributed by atoms with Crippen LogP contribution in [-0.2, 0) is 11.7 Å². The van der Waals surface area contributed by atoms with Gasteiger partial charge in [-0.05, 0) is 50.2 Å². The van der Waals surface area contributed by atoms with Crippen LogP contribution in [0.25, 0.3) is 0 Å². The van der Waals surface area contributed by atoms with Crippen molar-refractivity contribution in [1.29, 1.82) is 0 Å². The number of benzene rings is 2. The zero-order valence-electron chi connectivity index (χ0n) is 15.5. The molecule has 1 atom stereocenters. The third-order valence-electron chi connectivity index (χ3n) is 4.93. The zero-order valence-corrected chi connectivity index (χ0v) is 16.5. The molecule has 24 heavy (non-hydrogen) atoms. The lowest BCUT2D eigenvalue weighted by Crippen LogP contribution is -2.24. The lowest BCUT2D eigenvalue weighted by Gasteiger charge is -2.34. The van der Waals surface area contributed by atoms with Gasteiger partial charge in [-0.15, -0.1) is 0 Å². The molecule has 3 heteroatoms. The summed E-state index contributed by atoms with van der Waals surface area (Å²) in [4.78, 5) is 0. The van der Waals surface area contributed by atoms with E-state index in [2.05, 4.69) is 62.5 Å². The quantitative estimate of drug-likeness (QED) is 0.711. The number of nitrogens with one attached hydrogen (secondary N) is 1. The Balaban J connectivity index is 2.53. The first-order valence-corrected chi connectivity index (χ1v) is 9.78. The molecule has 0 heterocycles. The summed E-state index contributed by atoms with van der Waals surface area (Å²) < 4.78 is 0. The van der Waals surface area contributed by atoms with Crippen molar-refractivity contribution >= 4 is 13.9 Å². The third kappa shape index (κ3) is 3.82. The third-order valence-corrected chi connectivity index (χ3v) is 7.14.